The Kier molecular flexibility index (Phi) is 3.78. The van der Waals surface area contributed by atoms with Gasteiger partial charge < -0.3 is 4.74 Å². The van der Waals surface area contributed by atoms with E-state index >= 15 is 0 Å². The normalized spacial score (nSPS) is 20.2. The van der Waals surface area contributed by atoms with Gasteiger partial charge in [-0.3, -0.25) is 4.79 Å². The maximum Gasteiger partial charge on any atom is 0.168 e. The van der Waals surface area contributed by atoms with Crippen molar-refractivity contribution in [1.82, 2.24) is 4.72 Å². The minimum absolute atomic E-state index is 0.0378. The summed E-state index contributed by atoms with van der Waals surface area (Å²) in [6, 6.07) is 5.32. The number of nitrogens with one attached hydrogen (secondary N) is 1. The highest BCUT2D eigenvalue weighted by molar-refractivity contribution is 7.84. The molecule has 1 aliphatic rings. The van der Waals surface area contributed by atoms with Crippen LogP contribution in [0.3, 0.4) is 0 Å². The fourth-order valence-corrected chi connectivity index (χ4v) is 2.94. The Hall–Kier alpha value is -1.20. The quantitative estimate of drug-likeness (QED) is 0.925. The number of rotatable bonds is 3. The first kappa shape index (κ1) is 14.2. The molecule has 2 atom stereocenters. The smallest absolute Gasteiger partial charge is 0.168 e. The molecule has 0 aliphatic heterocycles. The molecule has 0 fully saturated rings. The average Bonchev–Trinajstić information content (AvgIpc) is 2.65. The van der Waals surface area contributed by atoms with Crippen molar-refractivity contribution in [2.24, 2.45) is 0 Å². The van der Waals surface area contributed by atoms with Gasteiger partial charge in [0.1, 0.15) is 5.75 Å². The van der Waals surface area contributed by atoms with Crippen LogP contribution in [0.1, 0.15) is 49.2 Å². The molecule has 0 radical (unpaired) electrons. The number of hydrogen-bond donors (Lipinski definition) is 1. The van der Waals surface area contributed by atoms with Crippen molar-refractivity contribution in [3.63, 3.8) is 0 Å². The zero-order valence-electron chi connectivity index (χ0n) is 11.6. The molecule has 0 saturated heterocycles. The lowest BCUT2D eigenvalue weighted by atomic mass is 10.1. The lowest BCUT2D eigenvalue weighted by Gasteiger charge is -2.21. The molecule has 5 heteroatoms. The second-order valence-corrected chi connectivity index (χ2v) is 7.60. The summed E-state index contributed by atoms with van der Waals surface area (Å²) in [4.78, 5) is 12.1. The Morgan fingerprint density at radius 2 is 2.05 bits per heavy atom. The predicted octanol–water partition coefficient (Wildman–Crippen LogP) is 2.37. The van der Waals surface area contributed by atoms with Gasteiger partial charge >= 0.3 is 0 Å². The van der Waals surface area contributed by atoms with Gasteiger partial charge in [0, 0.05) is 6.42 Å². The third-order valence-electron chi connectivity index (χ3n) is 3.13. The molecule has 1 N–H and O–H groups in total. The van der Waals surface area contributed by atoms with E-state index < -0.39 is 11.0 Å². The van der Waals surface area contributed by atoms with E-state index in [2.05, 4.69) is 4.72 Å². The molecule has 2 rings (SSSR count). The van der Waals surface area contributed by atoms with Gasteiger partial charge in [-0.2, -0.15) is 0 Å². The fraction of sp³-hybridized carbons (Fsp3) is 0.500. The summed E-state index contributed by atoms with van der Waals surface area (Å²) in [7, 11) is 0.352. The van der Waals surface area contributed by atoms with Crippen LogP contribution in [0, 0.1) is 0 Å². The molecule has 0 bridgehead atoms. The molecule has 19 heavy (non-hydrogen) atoms. The summed E-state index contributed by atoms with van der Waals surface area (Å²) < 4.78 is 20.1. The van der Waals surface area contributed by atoms with Crippen LogP contribution in [0.2, 0.25) is 0 Å². The van der Waals surface area contributed by atoms with Crippen LogP contribution in [-0.2, 0) is 11.0 Å². The molecule has 0 unspecified atom stereocenters. The van der Waals surface area contributed by atoms with Crippen molar-refractivity contribution in [2.45, 2.75) is 38.0 Å². The molecule has 1 aliphatic carbocycles. The van der Waals surface area contributed by atoms with Crippen molar-refractivity contribution < 1.29 is 13.7 Å². The topological polar surface area (TPSA) is 55.4 Å². The minimum atomic E-state index is -1.20. The van der Waals surface area contributed by atoms with Crippen LogP contribution in [-0.4, -0.2) is 21.8 Å². The summed E-state index contributed by atoms with van der Waals surface area (Å²) >= 11 is 0. The Bertz CT molecular complexity index is 534. The lowest BCUT2D eigenvalue weighted by Crippen LogP contribution is -2.35. The van der Waals surface area contributed by atoms with E-state index in [1.54, 1.807) is 13.2 Å². The Morgan fingerprint density at radius 3 is 2.63 bits per heavy atom. The number of carbonyl (C=O) groups is 1. The summed E-state index contributed by atoms with van der Waals surface area (Å²) in [5, 5.41) is 0. The van der Waals surface area contributed by atoms with E-state index in [0.717, 1.165) is 5.56 Å². The van der Waals surface area contributed by atoms with Gasteiger partial charge in [-0.05, 0) is 32.4 Å². The van der Waals surface area contributed by atoms with Crippen molar-refractivity contribution in [2.75, 3.05) is 7.11 Å². The largest absolute Gasteiger partial charge is 0.496 e. The standard InChI is InChI=1S/C14H19NO3S/c1-14(2,3)19(17)15-10-8-11(16)13-9(10)6-5-7-12(13)18-4/h5-7,10,15H,8H2,1-4H3/t10-,19-/m1/s1. The second kappa shape index (κ2) is 5.06. The molecular weight excluding hydrogens is 262 g/mol. The predicted molar refractivity (Wildman–Crippen MR) is 75.7 cm³/mol. The maximum atomic E-state index is 12.1. The highest BCUT2D eigenvalue weighted by Crippen LogP contribution is 2.37. The van der Waals surface area contributed by atoms with Gasteiger partial charge in [-0.1, -0.05) is 12.1 Å². The Balaban J connectivity index is 2.31. The minimum Gasteiger partial charge on any atom is -0.496 e. The van der Waals surface area contributed by atoms with Crippen LogP contribution < -0.4 is 9.46 Å². The summed E-state index contributed by atoms with van der Waals surface area (Å²) in [6.07, 6.45) is 0.331. The summed E-state index contributed by atoms with van der Waals surface area (Å²) in [6.45, 7) is 5.71. The van der Waals surface area contributed by atoms with Crippen LogP contribution >= 0.6 is 0 Å². The molecule has 0 aromatic heterocycles. The van der Waals surface area contributed by atoms with E-state index in [1.807, 2.05) is 32.9 Å². The molecule has 4 nitrogen and oxygen atoms in total. The highest BCUT2D eigenvalue weighted by Gasteiger charge is 2.34. The number of fused-ring (bicyclic) bond motifs is 1. The van der Waals surface area contributed by atoms with E-state index in [9.17, 15) is 9.00 Å². The second-order valence-electron chi connectivity index (χ2n) is 5.60. The highest BCUT2D eigenvalue weighted by atomic mass is 32.2. The average molecular weight is 281 g/mol. The van der Waals surface area contributed by atoms with Crippen molar-refractivity contribution >= 4 is 16.8 Å². The first-order valence-corrected chi connectivity index (χ1v) is 7.37. The molecular formula is C14H19NO3S. The van der Waals surface area contributed by atoms with Gasteiger partial charge in [0.25, 0.3) is 0 Å². The molecule has 0 amide bonds. The van der Waals surface area contributed by atoms with Crippen molar-refractivity contribution in [1.29, 1.82) is 0 Å². The zero-order chi connectivity index (χ0) is 14.2. The van der Waals surface area contributed by atoms with E-state index in [1.165, 1.54) is 0 Å². The molecule has 0 saturated carbocycles. The van der Waals surface area contributed by atoms with E-state index in [4.69, 9.17) is 4.74 Å². The maximum absolute atomic E-state index is 12.1. The zero-order valence-corrected chi connectivity index (χ0v) is 12.5. The monoisotopic (exact) mass is 281 g/mol. The third-order valence-corrected chi connectivity index (χ3v) is 4.74. The van der Waals surface area contributed by atoms with Crippen LogP contribution in [0.25, 0.3) is 0 Å². The number of ether oxygens (including phenoxy) is 1. The molecule has 0 heterocycles. The van der Waals surface area contributed by atoms with Gasteiger partial charge in [-0.25, -0.2) is 8.93 Å². The SMILES string of the molecule is COc1cccc2c1C(=O)C[C@H]2N[S@](=O)C(C)(C)C. The van der Waals surface area contributed by atoms with Crippen LogP contribution in [0.5, 0.6) is 5.75 Å². The van der Waals surface area contributed by atoms with E-state index in [0.29, 0.717) is 17.7 Å². The molecule has 1 aromatic carbocycles. The van der Waals surface area contributed by atoms with Crippen LogP contribution in [0.15, 0.2) is 18.2 Å². The van der Waals surface area contributed by atoms with Gasteiger partial charge in [-0.15, -0.1) is 0 Å². The van der Waals surface area contributed by atoms with Crippen molar-refractivity contribution in [3.8, 4) is 5.75 Å². The summed E-state index contributed by atoms with van der Waals surface area (Å²) in [5.41, 5.74) is 1.50. The van der Waals surface area contributed by atoms with Crippen molar-refractivity contribution in [3.05, 3.63) is 29.3 Å². The molecule has 1 aromatic rings. The molecule has 0 spiro atoms. The van der Waals surface area contributed by atoms with Gasteiger partial charge in [0.2, 0.25) is 0 Å². The number of hydrogen-bond acceptors (Lipinski definition) is 3. The lowest BCUT2D eigenvalue weighted by molar-refractivity contribution is 0.0985. The van der Waals surface area contributed by atoms with E-state index in [-0.39, 0.29) is 16.6 Å². The number of methoxy groups -OCH3 is 1. The van der Waals surface area contributed by atoms with Gasteiger partial charge in [0.05, 0.1) is 34.4 Å². The third kappa shape index (κ3) is 2.72. The van der Waals surface area contributed by atoms with Crippen LogP contribution in [0.4, 0.5) is 0 Å². The number of ketones is 1. The Morgan fingerprint density at radius 1 is 1.37 bits per heavy atom. The number of carbonyl (C=O) groups excluding carboxylic acids is 1. The summed E-state index contributed by atoms with van der Waals surface area (Å²) in [5.74, 6) is 0.629. The first-order valence-electron chi connectivity index (χ1n) is 6.22. The number of Topliss-reactive ketones (excluding diaryl/α,β-unsaturated/α-hetero) is 1. The van der Waals surface area contributed by atoms with Gasteiger partial charge in [0.15, 0.2) is 5.78 Å². The number of benzene rings is 1. The first-order chi connectivity index (χ1) is 8.84. The fourth-order valence-electron chi connectivity index (χ4n) is 2.12. The molecule has 104 valence electrons. The Labute approximate surface area is 116 Å².